The van der Waals surface area contributed by atoms with Crippen molar-refractivity contribution in [3.8, 4) is 5.75 Å². The second-order valence-corrected chi connectivity index (χ2v) is 9.53. The van der Waals surface area contributed by atoms with Crippen molar-refractivity contribution in [2.75, 3.05) is 23.0 Å². The zero-order valence-corrected chi connectivity index (χ0v) is 19.1. The van der Waals surface area contributed by atoms with Crippen LogP contribution in [0.3, 0.4) is 0 Å². The normalized spacial score (nSPS) is 12.6. The molecule has 0 bridgehead atoms. The van der Waals surface area contributed by atoms with E-state index in [0.717, 1.165) is 21.7 Å². The Labute approximate surface area is 177 Å². The molecule has 2 rings (SSSR count). The molecule has 0 aliphatic carbocycles. The Morgan fingerprint density at radius 3 is 2.38 bits per heavy atom. The number of para-hydroxylation sites is 1. The number of halogens is 1. The number of ether oxygens (including phenoxy) is 1. The third-order valence-corrected chi connectivity index (χ3v) is 6.10. The molecular formula is C21H27ClN2O4S. The SMILES string of the molecule is COc1ccc(Cl)cc1N(C(C)C(=O)Nc1c(C)cccc1C(C)C)S(C)(=O)=O. The summed E-state index contributed by atoms with van der Waals surface area (Å²) in [5.74, 6) is 0.0476. The van der Waals surface area contributed by atoms with Crippen LogP contribution in [0.5, 0.6) is 5.75 Å². The first-order chi connectivity index (χ1) is 13.5. The number of rotatable bonds is 7. The van der Waals surface area contributed by atoms with Crippen LogP contribution in [-0.2, 0) is 14.8 Å². The minimum absolute atomic E-state index is 0.194. The molecule has 0 aliphatic heterocycles. The van der Waals surface area contributed by atoms with Crippen LogP contribution in [0.1, 0.15) is 37.8 Å². The molecule has 8 heteroatoms. The van der Waals surface area contributed by atoms with Crippen LogP contribution in [0.15, 0.2) is 36.4 Å². The van der Waals surface area contributed by atoms with Crippen LogP contribution < -0.4 is 14.4 Å². The fraction of sp³-hybridized carbons (Fsp3) is 0.381. The standard InChI is InChI=1S/C21H27ClN2O4S/c1-13(2)17-9-7-8-14(3)20(17)23-21(25)15(4)24(29(6,26)27)18-12-16(22)10-11-19(18)28-5/h7-13,15H,1-6H3,(H,23,25). The number of anilines is 2. The molecule has 0 heterocycles. The van der Waals surface area contributed by atoms with Crippen molar-refractivity contribution >= 4 is 38.9 Å². The molecule has 1 N–H and O–H groups in total. The van der Waals surface area contributed by atoms with Gasteiger partial charge in [-0.25, -0.2) is 8.42 Å². The molecule has 2 aromatic carbocycles. The van der Waals surface area contributed by atoms with E-state index in [0.29, 0.717) is 16.5 Å². The lowest BCUT2D eigenvalue weighted by Crippen LogP contribution is -2.45. The summed E-state index contributed by atoms with van der Waals surface area (Å²) in [5, 5.41) is 3.25. The number of hydrogen-bond donors (Lipinski definition) is 1. The summed E-state index contributed by atoms with van der Waals surface area (Å²) in [4.78, 5) is 13.1. The number of aryl methyl sites for hydroxylation is 1. The molecule has 0 aliphatic rings. The number of amides is 1. The minimum Gasteiger partial charge on any atom is -0.495 e. The maximum atomic E-state index is 13.1. The number of carbonyl (C=O) groups excluding carboxylic acids is 1. The van der Waals surface area contributed by atoms with Crippen LogP contribution in [0.4, 0.5) is 11.4 Å². The summed E-state index contributed by atoms with van der Waals surface area (Å²) in [6.07, 6.45) is 1.05. The molecule has 158 valence electrons. The van der Waals surface area contributed by atoms with Crippen LogP contribution in [0, 0.1) is 6.92 Å². The molecule has 0 spiro atoms. The van der Waals surface area contributed by atoms with Gasteiger partial charge in [0.05, 0.1) is 19.1 Å². The van der Waals surface area contributed by atoms with Gasteiger partial charge in [0.15, 0.2) is 0 Å². The van der Waals surface area contributed by atoms with Gasteiger partial charge in [0.25, 0.3) is 0 Å². The maximum Gasteiger partial charge on any atom is 0.248 e. The van der Waals surface area contributed by atoms with Gasteiger partial charge in [-0.3, -0.25) is 9.10 Å². The van der Waals surface area contributed by atoms with Gasteiger partial charge in [0.2, 0.25) is 15.9 Å². The molecule has 0 radical (unpaired) electrons. The average Bonchev–Trinajstić information content (AvgIpc) is 2.62. The fourth-order valence-electron chi connectivity index (χ4n) is 3.19. The average molecular weight is 439 g/mol. The third kappa shape index (κ3) is 5.22. The number of methoxy groups -OCH3 is 1. The van der Waals surface area contributed by atoms with E-state index >= 15 is 0 Å². The molecule has 2 aromatic rings. The summed E-state index contributed by atoms with van der Waals surface area (Å²) in [6.45, 7) is 7.51. The van der Waals surface area contributed by atoms with Crippen molar-refractivity contribution in [3.05, 3.63) is 52.5 Å². The quantitative estimate of drug-likeness (QED) is 0.686. The fourth-order valence-corrected chi connectivity index (χ4v) is 4.52. The highest BCUT2D eigenvalue weighted by atomic mass is 35.5. The third-order valence-electron chi connectivity index (χ3n) is 4.64. The van der Waals surface area contributed by atoms with E-state index in [1.807, 2.05) is 39.0 Å². The number of benzene rings is 2. The Balaban J connectivity index is 2.49. The molecule has 29 heavy (non-hydrogen) atoms. The van der Waals surface area contributed by atoms with Gasteiger partial charge in [0.1, 0.15) is 11.8 Å². The first-order valence-corrected chi connectivity index (χ1v) is 11.4. The number of carbonyl (C=O) groups is 1. The Morgan fingerprint density at radius 2 is 1.83 bits per heavy atom. The molecule has 6 nitrogen and oxygen atoms in total. The number of nitrogens with one attached hydrogen (secondary N) is 1. The monoisotopic (exact) mass is 438 g/mol. The van der Waals surface area contributed by atoms with Crippen LogP contribution >= 0.6 is 11.6 Å². The van der Waals surface area contributed by atoms with E-state index in [4.69, 9.17) is 16.3 Å². The lowest BCUT2D eigenvalue weighted by molar-refractivity contribution is -0.116. The highest BCUT2D eigenvalue weighted by Crippen LogP contribution is 2.35. The molecule has 1 unspecified atom stereocenters. The molecule has 0 saturated carbocycles. The van der Waals surface area contributed by atoms with E-state index < -0.39 is 22.0 Å². The lowest BCUT2D eigenvalue weighted by atomic mass is 9.98. The van der Waals surface area contributed by atoms with E-state index in [9.17, 15) is 13.2 Å². The van der Waals surface area contributed by atoms with Crippen molar-refractivity contribution in [3.63, 3.8) is 0 Å². The summed E-state index contributed by atoms with van der Waals surface area (Å²) in [5.41, 5.74) is 2.80. The van der Waals surface area contributed by atoms with Gasteiger partial charge in [-0.1, -0.05) is 43.6 Å². The predicted octanol–water partition coefficient (Wildman–Crippen LogP) is 4.57. The highest BCUT2D eigenvalue weighted by Gasteiger charge is 2.32. The van der Waals surface area contributed by atoms with Crippen molar-refractivity contribution < 1.29 is 17.9 Å². The van der Waals surface area contributed by atoms with E-state index in [2.05, 4.69) is 5.32 Å². The maximum absolute atomic E-state index is 13.1. The topological polar surface area (TPSA) is 75.7 Å². The van der Waals surface area contributed by atoms with Gasteiger partial charge < -0.3 is 10.1 Å². The molecule has 1 amide bonds. The summed E-state index contributed by atoms with van der Waals surface area (Å²) in [7, 11) is -2.38. The Bertz CT molecular complexity index is 1010. The largest absolute Gasteiger partial charge is 0.495 e. The van der Waals surface area contributed by atoms with Crippen LogP contribution in [0.2, 0.25) is 5.02 Å². The van der Waals surface area contributed by atoms with Crippen LogP contribution in [0.25, 0.3) is 0 Å². The summed E-state index contributed by atoms with van der Waals surface area (Å²) in [6, 6.07) is 9.39. The number of hydrogen-bond acceptors (Lipinski definition) is 4. The lowest BCUT2D eigenvalue weighted by Gasteiger charge is -2.30. The highest BCUT2D eigenvalue weighted by molar-refractivity contribution is 7.92. The van der Waals surface area contributed by atoms with Gasteiger partial charge in [-0.05, 0) is 49.1 Å². The van der Waals surface area contributed by atoms with Crippen molar-refractivity contribution in [1.82, 2.24) is 0 Å². The van der Waals surface area contributed by atoms with Crippen molar-refractivity contribution in [2.24, 2.45) is 0 Å². The Kier molecular flexibility index (Phi) is 7.19. The predicted molar refractivity (Wildman–Crippen MR) is 119 cm³/mol. The van der Waals surface area contributed by atoms with E-state index in [1.165, 1.54) is 20.1 Å². The van der Waals surface area contributed by atoms with Gasteiger partial charge in [-0.15, -0.1) is 0 Å². The van der Waals surface area contributed by atoms with E-state index in [1.54, 1.807) is 12.1 Å². The number of sulfonamides is 1. The van der Waals surface area contributed by atoms with E-state index in [-0.39, 0.29) is 11.6 Å². The second kappa shape index (κ2) is 9.05. The van der Waals surface area contributed by atoms with Gasteiger partial charge >= 0.3 is 0 Å². The second-order valence-electron chi connectivity index (χ2n) is 7.23. The first kappa shape index (κ1) is 23.0. The zero-order valence-electron chi connectivity index (χ0n) is 17.5. The molecular weight excluding hydrogens is 412 g/mol. The Morgan fingerprint density at radius 1 is 1.17 bits per heavy atom. The van der Waals surface area contributed by atoms with Crippen molar-refractivity contribution in [1.29, 1.82) is 0 Å². The smallest absolute Gasteiger partial charge is 0.248 e. The summed E-state index contributed by atoms with van der Waals surface area (Å²) < 4.78 is 31.5. The van der Waals surface area contributed by atoms with Crippen LogP contribution in [-0.4, -0.2) is 33.7 Å². The zero-order chi connectivity index (χ0) is 21.9. The first-order valence-electron chi connectivity index (χ1n) is 9.20. The van der Waals surface area contributed by atoms with Gasteiger partial charge in [-0.2, -0.15) is 0 Å². The van der Waals surface area contributed by atoms with Gasteiger partial charge in [0, 0.05) is 10.7 Å². The molecule has 0 aromatic heterocycles. The Hall–Kier alpha value is -2.25. The molecule has 0 fully saturated rings. The van der Waals surface area contributed by atoms with Crippen molar-refractivity contribution in [2.45, 2.75) is 39.7 Å². The molecule has 1 atom stereocenters. The number of nitrogens with zero attached hydrogens (tertiary/aromatic N) is 1. The minimum atomic E-state index is -3.81. The summed E-state index contributed by atoms with van der Waals surface area (Å²) >= 11 is 6.08. The molecule has 0 saturated heterocycles.